The van der Waals surface area contributed by atoms with E-state index in [4.69, 9.17) is 0 Å². The van der Waals surface area contributed by atoms with Gasteiger partial charge in [0.2, 0.25) is 5.91 Å². The van der Waals surface area contributed by atoms with E-state index in [0.717, 1.165) is 36.1 Å². The van der Waals surface area contributed by atoms with Gasteiger partial charge in [-0.15, -0.1) is 0 Å². The van der Waals surface area contributed by atoms with Gasteiger partial charge in [-0.05, 0) is 54.2 Å². The van der Waals surface area contributed by atoms with E-state index >= 15 is 0 Å². The molecule has 1 aromatic carbocycles. The lowest BCUT2D eigenvalue weighted by molar-refractivity contribution is -0.130. The van der Waals surface area contributed by atoms with Gasteiger partial charge in [0.15, 0.2) is 0 Å². The average molecular weight is 311 g/mol. The number of nitrogens with one attached hydrogen (secondary N) is 1. The Morgan fingerprint density at radius 2 is 2.06 bits per heavy atom. The number of aryl methyl sites for hydroxylation is 1. The summed E-state index contributed by atoms with van der Waals surface area (Å²) in [6.07, 6.45) is 2.26. The Bertz CT molecular complexity index is 441. The van der Waals surface area contributed by atoms with Crippen LogP contribution in [0.15, 0.2) is 22.7 Å². The standard InChI is InChI=1S/C14H19BrN2O/c1-10-6-5-7-12(13(10)15)16-11(2)14(18)17-8-3-4-9-17/h5-7,11,16H,3-4,8-9H2,1-2H3. The predicted molar refractivity (Wildman–Crippen MR) is 77.8 cm³/mol. The van der Waals surface area contributed by atoms with Crippen LogP contribution < -0.4 is 5.32 Å². The van der Waals surface area contributed by atoms with Gasteiger partial charge in [0, 0.05) is 23.2 Å². The third-order valence-corrected chi connectivity index (χ3v) is 4.40. The van der Waals surface area contributed by atoms with Crippen LogP contribution in [0.4, 0.5) is 5.69 Å². The fraction of sp³-hybridized carbons (Fsp3) is 0.500. The molecule has 1 amide bonds. The van der Waals surface area contributed by atoms with Gasteiger partial charge in [-0.2, -0.15) is 0 Å². The molecule has 2 rings (SSSR count). The number of carbonyl (C=O) groups is 1. The summed E-state index contributed by atoms with van der Waals surface area (Å²) in [5.74, 6) is 0.195. The number of benzene rings is 1. The molecule has 0 saturated carbocycles. The number of nitrogens with zero attached hydrogens (tertiary/aromatic N) is 1. The van der Waals surface area contributed by atoms with Crippen molar-refractivity contribution in [1.82, 2.24) is 4.90 Å². The first-order valence-corrected chi connectivity index (χ1v) is 7.19. The Kier molecular flexibility index (Phi) is 4.27. The molecule has 98 valence electrons. The first-order chi connectivity index (χ1) is 8.59. The Morgan fingerprint density at radius 1 is 1.39 bits per heavy atom. The first-order valence-electron chi connectivity index (χ1n) is 6.40. The zero-order chi connectivity index (χ0) is 13.1. The number of hydrogen-bond donors (Lipinski definition) is 1. The molecule has 1 aliphatic heterocycles. The second-order valence-electron chi connectivity index (χ2n) is 4.83. The molecule has 1 fully saturated rings. The third-order valence-electron chi connectivity index (χ3n) is 3.35. The Balaban J connectivity index is 2.04. The Hall–Kier alpha value is -1.03. The van der Waals surface area contributed by atoms with Gasteiger partial charge in [-0.1, -0.05) is 12.1 Å². The number of rotatable bonds is 3. The van der Waals surface area contributed by atoms with Crippen LogP contribution in [0, 0.1) is 6.92 Å². The normalized spacial score (nSPS) is 16.7. The number of hydrogen-bond acceptors (Lipinski definition) is 2. The fourth-order valence-electron chi connectivity index (χ4n) is 2.27. The Morgan fingerprint density at radius 3 is 2.72 bits per heavy atom. The summed E-state index contributed by atoms with van der Waals surface area (Å²) >= 11 is 3.55. The molecule has 1 atom stereocenters. The summed E-state index contributed by atoms with van der Waals surface area (Å²) in [7, 11) is 0. The number of amides is 1. The van der Waals surface area contributed by atoms with Gasteiger partial charge in [-0.25, -0.2) is 0 Å². The highest BCUT2D eigenvalue weighted by Gasteiger charge is 2.23. The number of halogens is 1. The van der Waals surface area contributed by atoms with E-state index < -0.39 is 0 Å². The highest BCUT2D eigenvalue weighted by Crippen LogP contribution is 2.26. The lowest BCUT2D eigenvalue weighted by Gasteiger charge is -2.22. The largest absolute Gasteiger partial charge is 0.373 e. The first kappa shape index (κ1) is 13.4. The van der Waals surface area contributed by atoms with E-state index in [9.17, 15) is 4.79 Å². The molecule has 0 bridgehead atoms. The van der Waals surface area contributed by atoms with Gasteiger partial charge in [0.1, 0.15) is 6.04 Å². The molecule has 0 radical (unpaired) electrons. The predicted octanol–water partition coefficient (Wildman–Crippen LogP) is 3.18. The number of carbonyl (C=O) groups excluding carboxylic acids is 1. The van der Waals surface area contributed by atoms with Crippen molar-refractivity contribution in [3.8, 4) is 0 Å². The van der Waals surface area contributed by atoms with E-state index in [1.165, 1.54) is 5.56 Å². The fourth-order valence-corrected chi connectivity index (χ4v) is 2.64. The van der Waals surface area contributed by atoms with Gasteiger partial charge in [0.25, 0.3) is 0 Å². The minimum Gasteiger partial charge on any atom is -0.373 e. The molecule has 1 aromatic rings. The Labute approximate surface area is 117 Å². The maximum absolute atomic E-state index is 12.2. The van der Waals surface area contributed by atoms with Crippen LogP contribution in [0.2, 0.25) is 0 Å². The smallest absolute Gasteiger partial charge is 0.244 e. The molecular formula is C14H19BrN2O. The summed E-state index contributed by atoms with van der Waals surface area (Å²) in [6, 6.07) is 5.85. The summed E-state index contributed by atoms with van der Waals surface area (Å²) in [6.45, 7) is 5.78. The van der Waals surface area contributed by atoms with Crippen molar-refractivity contribution in [2.45, 2.75) is 32.7 Å². The zero-order valence-electron chi connectivity index (χ0n) is 10.9. The second kappa shape index (κ2) is 5.74. The number of anilines is 1. The van der Waals surface area contributed by atoms with E-state index in [0.29, 0.717) is 0 Å². The van der Waals surface area contributed by atoms with Crippen molar-refractivity contribution in [3.63, 3.8) is 0 Å². The molecule has 4 heteroatoms. The highest BCUT2D eigenvalue weighted by molar-refractivity contribution is 9.10. The number of likely N-dealkylation sites (tertiary alicyclic amines) is 1. The van der Waals surface area contributed by atoms with Crippen molar-refractivity contribution < 1.29 is 4.79 Å². The summed E-state index contributed by atoms with van der Waals surface area (Å²) in [5, 5.41) is 3.29. The molecule has 1 N–H and O–H groups in total. The lowest BCUT2D eigenvalue weighted by Crippen LogP contribution is -2.39. The molecule has 0 aromatic heterocycles. The second-order valence-corrected chi connectivity index (χ2v) is 5.63. The molecule has 3 nitrogen and oxygen atoms in total. The van der Waals surface area contributed by atoms with E-state index in [1.807, 2.05) is 36.9 Å². The maximum Gasteiger partial charge on any atom is 0.244 e. The molecule has 18 heavy (non-hydrogen) atoms. The molecule has 1 unspecified atom stereocenters. The molecule has 1 aliphatic rings. The van der Waals surface area contributed by atoms with Gasteiger partial charge < -0.3 is 10.2 Å². The van der Waals surface area contributed by atoms with Gasteiger partial charge >= 0.3 is 0 Å². The molecular weight excluding hydrogens is 292 g/mol. The van der Waals surface area contributed by atoms with Gasteiger partial charge in [0.05, 0.1) is 0 Å². The van der Waals surface area contributed by atoms with Crippen LogP contribution in [-0.2, 0) is 4.79 Å². The van der Waals surface area contributed by atoms with Crippen molar-refractivity contribution >= 4 is 27.5 Å². The topological polar surface area (TPSA) is 32.3 Å². The summed E-state index contributed by atoms with van der Waals surface area (Å²) < 4.78 is 1.03. The van der Waals surface area contributed by atoms with Crippen LogP contribution in [0.5, 0.6) is 0 Å². The van der Waals surface area contributed by atoms with Crippen LogP contribution >= 0.6 is 15.9 Å². The minimum absolute atomic E-state index is 0.179. The quantitative estimate of drug-likeness (QED) is 0.930. The average Bonchev–Trinajstić information content (AvgIpc) is 2.87. The molecule has 1 saturated heterocycles. The van der Waals surface area contributed by atoms with Crippen molar-refractivity contribution in [1.29, 1.82) is 0 Å². The van der Waals surface area contributed by atoms with Crippen LogP contribution in [-0.4, -0.2) is 29.9 Å². The molecule has 1 heterocycles. The van der Waals surface area contributed by atoms with E-state index in [-0.39, 0.29) is 11.9 Å². The van der Waals surface area contributed by atoms with Crippen LogP contribution in [0.25, 0.3) is 0 Å². The van der Waals surface area contributed by atoms with Crippen molar-refractivity contribution in [2.75, 3.05) is 18.4 Å². The summed E-state index contributed by atoms with van der Waals surface area (Å²) in [4.78, 5) is 14.1. The minimum atomic E-state index is -0.179. The monoisotopic (exact) mass is 310 g/mol. The maximum atomic E-state index is 12.2. The molecule has 0 aliphatic carbocycles. The highest BCUT2D eigenvalue weighted by atomic mass is 79.9. The molecule has 0 spiro atoms. The van der Waals surface area contributed by atoms with Crippen molar-refractivity contribution in [2.24, 2.45) is 0 Å². The third kappa shape index (κ3) is 2.86. The lowest BCUT2D eigenvalue weighted by atomic mass is 10.2. The zero-order valence-corrected chi connectivity index (χ0v) is 12.5. The van der Waals surface area contributed by atoms with Gasteiger partial charge in [-0.3, -0.25) is 4.79 Å². The van der Waals surface area contributed by atoms with Crippen LogP contribution in [0.3, 0.4) is 0 Å². The van der Waals surface area contributed by atoms with E-state index in [1.54, 1.807) is 0 Å². The van der Waals surface area contributed by atoms with E-state index in [2.05, 4.69) is 21.2 Å². The van der Waals surface area contributed by atoms with Crippen LogP contribution in [0.1, 0.15) is 25.3 Å². The van der Waals surface area contributed by atoms with Crippen molar-refractivity contribution in [3.05, 3.63) is 28.2 Å². The summed E-state index contributed by atoms with van der Waals surface area (Å²) in [5.41, 5.74) is 2.15. The SMILES string of the molecule is Cc1cccc(NC(C)C(=O)N2CCCC2)c1Br.